The summed E-state index contributed by atoms with van der Waals surface area (Å²) in [6.45, 7) is 2.33. The molecular formula is C26H34O3. The molecule has 1 aromatic carbocycles. The number of carbonyl (C=O) groups excluding carboxylic acids is 1. The number of fused-ring (bicyclic) bond motifs is 5. The van der Waals surface area contributed by atoms with E-state index in [2.05, 4.69) is 25.1 Å². The van der Waals surface area contributed by atoms with E-state index in [-0.39, 0.29) is 17.4 Å². The summed E-state index contributed by atoms with van der Waals surface area (Å²) in [5, 5.41) is 10.6. The molecule has 156 valence electrons. The Morgan fingerprint density at radius 2 is 1.90 bits per heavy atom. The van der Waals surface area contributed by atoms with Gasteiger partial charge in [0.15, 0.2) is 0 Å². The van der Waals surface area contributed by atoms with E-state index in [0.717, 1.165) is 44.3 Å². The van der Waals surface area contributed by atoms with Crippen molar-refractivity contribution in [3.63, 3.8) is 0 Å². The molecule has 0 saturated heterocycles. The summed E-state index contributed by atoms with van der Waals surface area (Å²) in [5.41, 5.74) is 2.79. The van der Waals surface area contributed by atoms with Crippen molar-refractivity contribution in [2.45, 2.75) is 64.4 Å². The summed E-state index contributed by atoms with van der Waals surface area (Å²) in [5.74, 6) is 4.01. The minimum atomic E-state index is -0.116. The molecule has 0 bridgehead atoms. The van der Waals surface area contributed by atoms with Crippen molar-refractivity contribution < 1.29 is 14.6 Å². The van der Waals surface area contributed by atoms with E-state index < -0.39 is 0 Å². The molecule has 0 spiro atoms. The first-order valence-corrected chi connectivity index (χ1v) is 11.5. The minimum Gasteiger partial charge on any atom is -0.497 e. The Kier molecular flexibility index (Phi) is 4.85. The van der Waals surface area contributed by atoms with Gasteiger partial charge in [0.25, 0.3) is 0 Å². The molecule has 7 atom stereocenters. The number of ether oxygens (including phenoxy) is 1. The molecule has 3 fully saturated rings. The maximum atomic E-state index is 12.9. The molecule has 3 saturated carbocycles. The second-order valence-corrected chi connectivity index (χ2v) is 10.2. The zero-order chi connectivity index (χ0) is 20.2. The Hall–Kier alpha value is -1.61. The van der Waals surface area contributed by atoms with Crippen molar-refractivity contribution in [1.82, 2.24) is 0 Å². The first kappa shape index (κ1) is 19.4. The monoisotopic (exact) mass is 394 g/mol. The van der Waals surface area contributed by atoms with E-state index in [1.165, 1.54) is 24.0 Å². The molecule has 0 aliphatic heterocycles. The van der Waals surface area contributed by atoms with E-state index >= 15 is 0 Å². The molecule has 4 aliphatic rings. The number of Topliss-reactive ketones (excluding diaryl/α,β-unsaturated/α-hetero) is 1. The maximum absolute atomic E-state index is 12.9. The molecular weight excluding hydrogens is 360 g/mol. The van der Waals surface area contributed by atoms with Gasteiger partial charge in [0.1, 0.15) is 11.5 Å². The predicted octanol–water partition coefficient (Wildman–Crippen LogP) is 4.97. The number of aliphatic hydroxyl groups is 1. The summed E-state index contributed by atoms with van der Waals surface area (Å²) in [4.78, 5) is 12.9. The van der Waals surface area contributed by atoms with Gasteiger partial charge in [-0.15, -0.1) is 0 Å². The molecule has 0 heterocycles. The summed E-state index contributed by atoms with van der Waals surface area (Å²) in [7, 11) is 1.69. The fourth-order valence-corrected chi connectivity index (χ4v) is 7.47. The molecule has 0 radical (unpaired) electrons. The normalized spacial score (nSPS) is 41.2. The average molecular weight is 395 g/mol. The van der Waals surface area contributed by atoms with Crippen LogP contribution in [-0.4, -0.2) is 24.1 Å². The number of hydrogen-bond acceptors (Lipinski definition) is 3. The van der Waals surface area contributed by atoms with Crippen LogP contribution in [0.1, 0.15) is 57.4 Å². The van der Waals surface area contributed by atoms with Gasteiger partial charge >= 0.3 is 0 Å². The topological polar surface area (TPSA) is 46.5 Å². The number of methoxy groups -OCH3 is 1. The molecule has 1 N–H and O–H groups in total. The molecule has 1 aromatic rings. The number of allylic oxidation sites excluding steroid dienone is 2. The van der Waals surface area contributed by atoms with Crippen LogP contribution >= 0.6 is 0 Å². The third kappa shape index (κ3) is 3.08. The molecule has 0 amide bonds. The standard InChI is InChI=1S/C26H34O3/c1-26-14-13-20-18-9-11-24(27)22(15-16-3-5-17(29-2)6-4-16)19(18)7-8-21(20)23(26)10-12-25(26)28/h3-7,18,20-23,25,28H,8-15H2,1-2H3. The highest BCUT2D eigenvalue weighted by atomic mass is 16.5. The Labute approximate surface area is 174 Å². The van der Waals surface area contributed by atoms with Crippen LogP contribution in [0.5, 0.6) is 5.75 Å². The lowest BCUT2D eigenvalue weighted by atomic mass is 9.51. The summed E-state index contributed by atoms with van der Waals surface area (Å²) < 4.78 is 5.28. The highest BCUT2D eigenvalue weighted by Crippen LogP contribution is 2.61. The van der Waals surface area contributed by atoms with Crippen LogP contribution < -0.4 is 4.74 Å². The van der Waals surface area contributed by atoms with Gasteiger partial charge in [0, 0.05) is 12.3 Å². The molecule has 0 aromatic heterocycles. The number of benzene rings is 1. The van der Waals surface area contributed by atoms with Crippen LogP contribution in [0.2, 0.25) is 0 Å². The van der Waals surface area contributed by atoms with E-state index in [1.54, 1.807) is 7.11 Å². The van der Waals surface area contributed by atoms with Crippen LogP contribution in [-0.2, 0) is 11.2 Å². The molecule has 4 aliphatic carbocycles. The quantitative estimate of drug-likeness (QED) is 0.737. The molecule has 7 unspecified atom stereocenters. The largest absolute Gasteiger partial charge is 0.497 e. The van der Waals surface area contributed by atoms with Gasteiger partial charge in [-0.1, -0.05) is 30.7 Å². The third-order valence-electron chi connectivity index (χ3n) is 9.10. The molecule has 29 heavy (non-hydrogen) atoms. The second-order valence-electron chi connectivity index (χ2n) is 10.2. The van der Waals surface area contributed by atoms with Crippen molar-refractivity contribution in [3.05, 3.63) is 41.5 Å². The predicted molar refractivity (Wildman–Crippen MR) is 114 cm³/mol. The highest BCUT2D eigenvalue weighted by molar-refractivity contribution is 5.85. The second kappa shape index (κ2) is 7.27. The van der Waals surface area contributed by atoms with Crippen LogP contribution in [0.4, 0.5) is 0 Å². The number of hydrogen-bond donors (Lipinski definition) is 1. The Morgan fingerprint density at radius 1 is 1.10 bits per heavy atom. The van der Waals surface area contributed by atoms with Crippen molar-refractivity contribution in [1.29, 1.82) is 0 Å². The third-order valence-corrected chi connectivity index (χ3v) is 9.10. The van der Waals surface area contributed by atoms with Crippen molar-refractivity contribution in [3.8, 4) is 5.75 Å². The fourth-order valence-electron chi connectivity index (χ4n) is 7.47. The van der Waals surface area contributed by atoms with Gasteiger partial charge in [-0.3, -0.25) is 4.79 Å². The van der Waals surface area contributed by atoms with E-state index in [9.17, 15) is 9.90 Å². The number of carbonyl (C=O) groups is 1. The van der Waals surface area contributed by atoms with Crippen LogP contribution in [0, 0.1) is 35.0 Å². The van der Waals surface area contributed by atoms with E-state index in [4.69, 9.17) is 4.74 Å². The summed E-state index contributed by atoms with van der Waals surface area (Å²) >= 11 is 0. The van der Waals surface area contributed by atoms with Crippen LogP contribution in [0.3, 0.4) is 0 Å². The Morgan fingerprint density at radius 3 is 2.66 bits per heavy atom. The van der Waals surface area contributed by atoms with E-state index in [0.29, 0.717) is 29.5 Å². The number of ketones is 1. The summed E-state index contributed by atoms with van der Waals surface area (Å²) in [6.07, 6.45) is 10.6. The zero-order valence-electron chi connectivity index (χ0n) is 17.8. The first-order chi connectivity index (χ1) is 14.0. The zero-order valence-corrected chi connectivity index (χ0v) is 17.8. The average Bonchev–Trinajstić information content (AvgIpc) is 3.05. The Bertz CT molecular complexity index is 810. The van der Waals surface area contributed by atoms with Crippen molar-refractivity contribution in [2.75, 3.05) is 7.11 Å². The van der Waals surface area contributed by atoms with Gasteiger partial charge in [0.2, 0.25) is 0 Å². The lowest BCUT2D eigenvalue weighted by Crippen LogP contribution is -2.48. The fraction of sp³-hybridized carbons (Fsp3) is 0.654. The van der Waals surface area contributed by atoms with Gasteiger partial charge in [-0.05, 0) is 91.7 Å². The summed E-state index contributed by atoms with van der Waals surface area (Å²) in [6, 6.07) is 8.21. The number of rotatable bonds is 3. The Balaban J connectivity index is 1.40. The van der Waals surface area contributed by atoms with Crippen molar-refractivity contribution >= 4 is 5.78 Å². The van der Waals surface area contributed by atoms with Gasteiger partial charge in [0.05, 0.1) is 13.2 Å². The molecule has 5 rings (SSSR count). The smallest absolute Gasteiger partial charge is 0.140 e. The van der Waals surface area contributed by atoms with Gasteiger partial charge in [-0.2, -0.15) is 0 Å². The number of aliphatic hydroxyl groups excluding tert-OH is 1. The highest BCUT2D eigenvalue weighted by Gasteiger charge is 2.56. The van der Waals surface area contributed by atoms with Crippen molar-refractivity contribution in [2.24, 2.45) is 35.0 Å². The van der Waals surface area contributed by atoms with Gasteiger partial charge < -0.3 is 9.84 Å². The maximum Gasteiger partial charge on any atom is 0.140 e. The lowest BCUT2D eigenvalue weighted by Gasteiger charge is -2.53. The van der Waals surface area contributed by atoms with Gasteiger partial charge in [-0.25, -0.2) is 0 Å². The van der Waals surface area contributed by atoms with Crippen LogP contribution in [0.25, 0.3) is 0 Å². The first-order valence-electron chi connectivity index (χ1n) is 11.5. The molecule has 3 nitrogen and oxygen atoms in total. The van der Waals surface area contributed by atoms with E-state index in [1.807, 2.05) is 12.1 Å². The SMILES string of the molecule is COc1ccc(CC2C(=O)CCC3C2=CCC2C3CCC3(C)C(O)CCC23)cc1. The molecule has 3 heteroatoms. The minimum absolute atomic E-state index is 0.0607. The lowest BCUT2D eigenvalue weighted by molar-refractivity contribution is -0.124. The van der Waals surface area contributed by atoms with Crippen LogP contribution in [0.15, 0.2) is 35.9 Å².